The van der Waals surface area contributed by atoms with E-state index in [1.807, 2.05) is 0 Å². The number of rotatable bonds is 4. The second kappa shape index (κ2) is 3.15. The minimum Gasteiger partial charge on any atom is -0.273 e. The molecule has 4 nitrogen and oxygen atoms in total. The molecule has 1 atom stereocenters. The molecule has 2 fully saturated rings. The molecule has 0 aliphatic heterocycles. The van der Waals surface area contributed by atoms with E-state index in [2.05, 4.69) is 0 Å². The van der Waals surface area contributed by atoms with E-state index in [1.54, 1.807) is 11.6 Å². The van der Waals surface area contributed by atoms with E-state index in [9.17, 15) is 22.0 Å². The Bertz CT molecular complexity index is 428. The summed E-state index contributed by atoms with van der Waals surface area (Å²) in [6.45, 7) is 1.71. The van der Waals surface area contributed by atoms with Crippen LogP contribution in [0.3, 0.4) is 0 Å². The molecule has 2 aliphatic carbocycles. The van der Waals surface area contributed by atoms with Crippen molar-refractivity contribution in [2.75, 3.05) is 0 Å². The zero-order chi connectivity index (χ0) is 12.2. The summed E-state index contributed by atoms with van der Waals surface area (Å²) in [6.07, 6.45) is 0.838. The maximum absolute atomic E-state index is 12.6. The standard InChI is InChI=1S/C9H13F2NO3S/c1-2-8(3-4-8)16(14,15)12-7(13)6-5-9(6,10)11/h6H,2-5H2,1H3,(H,12,13). The van der Waals surface area contributed by atoms with Gasteiger partial charge in [0, 0.05) is 6.42 Å². The molecule has 1 N–H and O–H groups in total. The maximum atomic E-state index is 12.6. The number of nitrogens with one attached hydrogen (secondary N) is 1. The lowest BCUT2D eigenvalue weighted by Crippen LogP contribution is -2.41. The van der Waals surface area contributed by atoms with Gasteiger partial charge >= 0.3 is 0 Å². The topological polar surface area (TPSA) is 63.2 Å². The smallest absolute Gasteiger partial charge is 0.260 e. The molecule has 0 heterocycles. The minimum atomic E-state index is -3.79. The predicted molar refractivity (Wildman–Crippen MR) is 52.4 cm³/mol. The van der Waals surface area contributed by atoms with E-state index in [1.165, 1.54) is 0 Å². The van der Waals surface area contributed by atoms with Gasteiger partial charge in [-0.25, -0.2) is 17.2 Å². The lowest BCUT2D eigenvalue weighted by molar-refractivity contribution is -0.122. The molecule has 1 amide bonds. The average Bonchev–Trinajstić information content (AvgIpc) is 3.00. The Hall–Kier alpha value is -0.720. The molecule has 2 aliphatic rings. The largest absolute Gasteiger partial charge is 0.273 e. The third kappa shape index (κ3) is 1.70. The zero-order valence-electron chi connectivity index (χ0n) is 8.79. The third-order valence-electron chi connectivity index (χ3n) is 3.40. The molecule has 0 bridgehead atoms. The van der Waals surface area contributed by atoms with Crippen LogP contribution in [0.2, 0.25) is 0 Å². The SMILES string of the molecule is CCC1(S(=O)(=O)NC(=O)C2CC2(F)F)CC1. The van der Waals surface area contributed by atoms with Crippen molar-refractivity contribution in [2.45, 2.75) is 43.3 Å². The molecule has 7 heteroatoms. The van der Waals surface area contributed by atoms with Crippen molar-refractivity contribution >= 4 is 15.9 Å². The van der Waals surface area contributed by atoms with Crippen LogP contribution in [0.25, 0.3) is 0 Å². The Balaban J connectivity index is 2.03. The third-order valence-corrected chi connectivity index (χ3v) is 5.71. The molecule has 2 rings (SSSR count). The van der Waals surface area contributed by atoms with Gasteiger partial charge in [-0.05, 0) is 19.3 Å². The van der Waals surface area contributed by atoms with Crippen molar-refractivity contribution in [3.8, 4) is 0 Å². The fourth-order valence-electron chi connectivity index (χ4n) is 1.76. The highest BCUT2D eigenvalue weighted by atomic mass is 32.2. The predicted octanol–water partition coefficient (Wildman–Crippen LogP) is 1.03. The molecule has 0 radical (unpaired) electrons. The number of carbonyl (C=O) groups excluding carboxylic acids is 1. The Morgan fingerprint density at radius 3 is 2.25 bits per heavy atom. The molecule has 16 heavy (non-hydrogen) atoms. The minimum absolute atomic E-state index is 0.399. The summed E-state index contributed by atoms with van der Waals surface area (Å²) in [7, 11) is -3.79. The van der Waals surface area contributed by atoms with Crippen LogP contribution in [0.4, 0.5) is 8.78 Å². The van der Waals surface area contributed by atoms with Crippen molar-refractivity contribution in [3.05, 3.63) is 0 Å². The van der Waals surface area contributed by atoms with E-state index in [-0.39, 0.29) is 0 Å². The molecular weight excluding hydrogens is 240 g/mol. The Morgan fingerprint density at radius 2 is 1.94 bits per heavy atom. The number of hydrogen-bond donors (Lipinski definition) is 1. The van der Waals surface area contributed by atoms with E-state index in [4.69, 9.17) is 0 Å². The van der Waals surface area contributed by atoms with Crippen LogP contribution < -0.4 is 4.72 Å². The Labute approximate surface area is 92.5 Å². The van der Waals surface area contributed by atoms with Crippen LogP contribution in [0, 0.1) is 5.92 Å². The van der Waals surface area contributed by atoms with Gasteiger partial charge in [-0.2, -0.15) is 0 Å². The lowest BCUT2D eigenvalue weighted by Gasteiger charge is -2.14. The van der Waals surface area contributed by atoms with Crippen LogP contribution in [-0.4, -0.2) is 25.0 Å². The van der Waals surface area contributed by atoms with Gasteiger partial charge in [0.25, 0.3) is 5.92 Å². The highest BCUT2D eigenvalue weighted by molar-refractivity contribution is 7.91. The lowest BCUT2D eigenvalue weighted by atomic mass is 10.3. The molecule has 0 spiro atoms. The molecular formula is C9H13F2NO3S. The summed E-state index contributed by atoms with van der Waals surface area (Å²) in [6, 6.07) is 0. The first-order chi connectivity index (χ1) is 7.24. The highest BCUT2D eigenvalue weighted by Gasteiger charge is 2.63. The number of hydrogen-bond acceptors (Lipinski definition) is 3. The molecule has 0 aromatic carbocycles. The first-order valence-electron chi connectivity index (χ1n) is 5.18. The fraction of sp³-hybridized carbons (Fsp3) is 0.889. The van der Waals surface area contributed by atoms with Gasteiger partial charge in [-0.15, -0.1) is 0 Å². The normalized spacial score (nSPS) is 29.6. The number of sulfonamides is 1. The van der Waals surface area contributed by atoms with E-state index >= 15 is 0 Å². The van der Waals surface area contributed by atoms with Gasteiger partial charge in [-0.3, -0.25) is 9.52 Å². The molecule has 0 aromatic heterocycles. The van der Waals surface area contributed by atoms with Gasteiger partial charge in [0.1, 0.15) is 5.92 Å². The first-order valence-corrected chi connectivity index (χ1v) is 6.66. The summed E-state index contributed by atoms with van der Waals surface area (Å²) in [5.41, 5.74) is 0. The number of alkyl halides is 2. The van der Waals surface area contributed by atoms with Crippen molar-refractivity contribution in [1.82, 2.24) is 4.72 Å². The van der Waals surface area contributed by atoms with E-state index < -0.39 is 38.9 Å². The van der Waals surface area contributed by atoms with E-state index in [0.717, 1.165) is 0 Å². The van der Waals surface area contributed by atoms with Crippen LogP contribution in [-0.2, 0) is 14.8 Å². The van der Waals surface area contributed by atoms with Crippen LogP contribution >= 0.6 is 0 Å². The molecule has 2 saturated carbocycles. The quantitative estimate of drug-likeness (QED) is 0.814. The summed E-state index contributed by atoms with van der Waals surface area (Å²) in [4.78, 5) is 11.3. The molecule has 1 unspecified atom stereocenters. The van der Waals surface area contributed by atoms with Crippen LogP contribution in [0.15, 0.2) is 0 Å². The van der Waals surface area contributed by atoms with Crippen molar-refractivity contribution in [1.29, 1.82) is 0 Å². The Kier molecular flexibility index (Phi) is 2.31. The molecule has 0 saturated heterocycles. The second-order valence-electron chi connectivity index (χ2n) is 4.52. The summed E-state index contributed by atoms with van der Waals surface area (Å²) in [5, 5.41) is 0. The van der Waals surface area contributed by atoms with Gasteiger partial charge in [0.15, 0.2) is 0 Å². The van der Waals surface area contributed by atoms with Crippen molar-refractivity contribution in [3.63, 3.8) is 0 Å². The maximum Gasteiger partial charge on any atom is 0.260 e. The van der Waals surface area contributed by atoms with Crippen molar-refractivity contribution in [2.24, 2.45) is 5.92 Å². The monoisotopic (exact) mass is 253 g/mol. The van der Waals surface area contributed by atoms with Crippen molar-refractivity contribution < 1.29 is 22.0 Å². The average molecular weight is 253 g/mol. The van der Waals surface area contributed by atoms with Gasteiger partial charge < -0.3 is 0 Å². The zero-order valence-corrected chi connectivity index (χ0v) is 9.61. The van der Waals surface area contributed by atoms with E-state index in [0.29, 0.717) is 19.3 Å². The number of amides is 1. The first kappa shape index (κ1) is 11.8. The molecule has 0 aromatic rings. The van der Waals surface area contributed by atoms with Gasteiger partial charge in [-0.1, -0.05) is 6.92 Å². The number of carbonyl (C=O) groups is 1. The number of halogens is 2. The summed E-state index contributed by atoms with van der Waals surface area (Å²) < 4.78 is 49.5. The van der Waals surface area contributed by atoms with Gasteiger partial charge in [0.2, 0.25) is 15.9 Å². The highest BCUT2D eigenvalue weighted by Crippen LogP contribution is 2.50. The summed E-state index contributed by atoms with van der Waals surface area (Å²) in [5.74, 6) is -5.55. The van der Waals surface area contributed by atoms with Crippen LogP contribution in [0.5, 0.6) is 0 Å². The Morgan fingerprint density at radius 1 is 1.44 bits per heavy atom. The van der Waals surface area contributed by atoms with Crippen LogP contribution in [0.1, 0.15) is 32.6 Å². The molecule has 92 valence electrons. The van der Waals surface area contributed by atoms with Gasteiger partial charge in [0.05, 0.1) is 4.75 Å². The fourth-order valence-corrected chi connectivity index (χ4v) is 3.40. The second-order valence-corrected chi connectivity index (χ2v) is 6.60. The summed E-state index contributed by atoms with van der Waals surface area (Å²) >= 11 is 0.